The summed E-state index contributed by atoms with van der Waals surface area (Å²) in [6.45, 7) is 6.06. The number of nitrogens with zero attached hydrogens (tertiary/aromatic N) is 2. The molecule has 1 atom stereocenters. The molecule has 1 saturated heterocycles. The van der Waals surface area contributed by atoms with Crippen molar-refractivity contribution in [2.75, 3.05) is 40.4 Å². The number of benzene rings is 1. The van der Waals surface area contributed by atoms with E-state index in [4.69, 9.17) is 15.2 Å². The van der Waals surface area contributed by atoms with Gasteiger partial charge in [0.2, 0.25) is 0 Å². The Morgan fingerprint density at radius 3 is 2.92 bits per heavy atom. The van der Waals surface area contributed by atoms with Crippen LogP contribution in [0.4, 0.5) is 0 Å². The second-order valence-corrected chi connectivity index (χ2v) is 6.36. The molecule has 3 N–H and O–H groups in total. The average molecular weight is 348 g/mol. The Balaban J connectivity index is 1.74. The summed E-state index contributed by atoms with van der Waals surface area (Å²) in [6.07, 6.45) is 4.33. The van der Waals surface area contributed by atoms with Crippen molar-refractivity contribution in [2.45, 2.75) is 38.6 Å². The van der Waals surface area contributed by atoms with Crippen LogP contribution >= 0.6 is 0 Å². The highest BCUT2D eigenvalue weighted by Crippen LogP contribution is 2.24. The third-order valence-electron chi connectivity index (χ3n) is 4.79. The Kier molecular flexibility index (Phi) is 7.85. The van der Waals surface area contributed by atoms with E-state index in [2.05, 4.69) is 22.1 Å². The van der Waals surface area contributed by atoms with E-state index >= 15 is 0 Å². The zero-order valence-corrected chi connectivity index (χ0v) is 15.8. The molecule has 0 radical (unpaired) electrons. The highest BCUT2D eigenvalue weighted by molar-refractivity contribution is 5.77. The summed E-state index contributed by atoms with van der Waals surface area (Å²) >= 11 is 0. The van der Waals surface area contributed by atoms with Gasteiger partial charge in [-0.2, -0.15) is 0 Å². The van der Waals surface area contributed by atoms with E-state index in [-0.39, 0.29) is 0 Å². The predicted molar refractivity (Wildman–Crippen MR) is 103 cm³/mol. The van der Waals surface area contributed by atoms with Gasteiger partial charge in [-0.05, 0) is 62.5 Å². The molecular weight excluding hydrogens is 316 g/mol. The van der Waals surface area contributed by atoms with Gasteiger partial charge in [-0.15, -0.1) is 0 Å². The van der Waals surface area contributed by atoms with Crippen molar-refractivity contribution in [3.05, 3.63) is 23.8 Å². The molecule has 6 heteroatoms. The van der Waals surface area contributed by atoms with Crippen molar-refractivity contribution in [3.8, 4) is 11.5 Å². The van der Waals surface area contributed by atoms with Crippen LogP contribution in [0.15, 0.2) is 23.2 Å². The predicted octanol–water partition coefficient (Wildman–Crippen LogP) is 2.03. The lowest BCUT2D eigenvalue weighted by Crippen LogP contribution is -2.36. The monoisotopic (exact) mass is 348 g/mol. The van der Waals surface area contributed by atoms with Crippen LogP contribution in [0.3, 0.4) is 0 Å². The van der Waals surface area contributed by atoms with Gasteiger partial charge in [-0.25, -0.2) is 0 Å². The Morgan fingerprint density at radius 1 is 1.36 bits per heavy atom. The molecule has 140 valence electrons. The molecule has 1 aliphatic rings. The molecule has 6 nitrogen and oxygen atoms in total. The maximum Gasteiger partial charge on any atom is 0.188 e. The SMILES string of the molecule is CCN1CCCC1CN=C(N)NCCCc1cc(OC)ccc1OC. The number of ether oxygens (including phenoxy) is 2. The van der Waals surface area contributed by atoms with Gasteiger partial charge in [0, 0.05) is 12.6 Å². The van der Waals surface area contributed by atoms with Gasteiger partial charge in [0.15, 0.2) is 5.96 Å². The van der Waals surface area contributed by atoms with Crippen molar-refractivity contribution in [1.29, 1.82) is 0 Å². The Bertz CT molecular complexity index is 562. The summed E-state index contributed by atoms with van der Waals surface area (Å²) in [4.78, 5) is 6.98. The molecule has 1 heterocycles. The van der Waals surface area contributed by atoms with Gasteiger partial charge < -0.3 is 20.5 Å². The molecule has 1 aliphatic heterocycles. The van der Waals surface area contributed by atoms with Crippen LogP contribution in [0.25, 0.3) is 0 Å². The van der Waals surface area contributed by atoms with Crippen LogP contribution in [0.1, 0.15) is 31.7 Å². The number of aliphatic imine (C=N–C) groups is 1. The Hall–Kier alpha value is -1.95. The standard InChI is InChI=1S/C19H32N4O2/c1-4-23-12-6-8-16(23)14-22-19(20)21-11-5-7-15-13-17(24-2)9-10-18(15)25-3/h9-10,13,16H,4-8,11-12,14H2,1-3H3,(H3,20,21,22). The average Bonchev–Trinajstić information content (AvgIpc) is 3.10. The van der Waals surface area contributed by atoms with Crippen molar-refractivity contribution < 1.29 is 9.47 Å². The second-order valence-electron chi connectivity index (χ2n) is 6.36. The van der Waals surface area contributed by atoms with Crippen LogP contribution in [0.2, 0.25) is 0 Å². The fourth-order valence-electron chi connectivity index (χ4n) is 3.35. The van der Waals surface area contributed by atoms with Crippen LogP contribution in [-0.2, 0) is 6.42 Å². The number of hydrogen-bond donors (Lipinski definition) is 2. The highest BCUT2D eigenvalue weighted by Gasteiger charge is 2.22. The molecule has 0 aromatic heterocycles. The van der Waals surface area contributed by atoms with E-state index in [9.17, 15) is 0 Å². The minimum absolute atomic E-state index is 0.542. The van der Waals surface area contributed by atoms with Gasteiger partial charge in [-0.3, -0.25) is 9.89 Å². The lowest BCUT2D eigenvalue weighted by molar-refractivity contribution is 0.273. The molecule has 0 bridgehead atoms. The summed E-state index contributed by atoms with van der Waals surface area (Å²) < 4.78 is 10.7. The lowest BCUT2D eigenvalue weighted by atomic mass is 10.1. The first-order chi connectivity index (χ1) is 12.2. The number of likely N-dealkylation sites (N-methyl/N-ethyl adjacent to an activating group) is 1. The molecule has 0 amide bonds. The fraction of sp³-hybridized carbons (Fsp3) is 0.632. The molecular formula is C19H32N4O2. The topological polar surface area (TPSA) is 72.1 Å². The zero-order valence-electron chi connectivity index (χ0n) is 15.8. The number of aryl methyl sites for hydroxylation is 1. The molecule has 25 heavy (non-hydrogen) atoms. The van der Waals surface area contributed by atoms with Crippen LogP contribution < -0.4 is 20.5 Å². The van der Waals surface area contributed by atoms with Crippen LogP contribution in [0.5, 0.6) is 11.5 Å². The number of guanidine groups is 1. The van der Waals surface area contributed by atoms with E-state index in [0.717, 1.165) is 49.5 Å². The second kappa shape index (κ2) is 10.1. The van der Waals surface area contributed by atoms with Crippen LogP contribution in [0, 0.1) is 0 Å². The molecule has 0 saturated carbocycles. The summed E-state index contributed by atoms with van der Waals surface area (Å²) in [6, 6.07) is 6.42. The normalized spacial score (nSPS) is 18.4. The zero-order chi connectivity index (χ0) is 18.1. The van der Waals surface area contributed by atoms with Crippen molar-refractivity contribution in [1.82, 2.24) is 10.2 Å². The number of nitrogens with two attached hydrogens (primary N) is 1. The molecule has 1 aromatic rings. The first kappa shape index (κ1) is 19.4. The molecule has 0 spiro atoms. The number of hydrogen-bond acceptors (Lipinski definition) is 4. The summed E-state index contributed by atoms with van der Waals surface area (Å²) in [5.74, 6) is 2.28. The fourth-order valence-corrected chi connectivity index (χ4v) is 3.35. The quantitative estimate of drug-likeness (QED) is 0.406. The largest absolute Gasteiger partial charge is 0.497 e. The first-order valence-electron chi connectivity index (χ1n) is 9.16. The molecule has 2 rings (SSSR count). The van der Waals surface area contributed by atoms with Gasteiger partial charge >= 0.3 is 0 Å². The van der Waals surface area contributed by atoms with Gasteiger partial charge in [0.25, 0.3) is 0 Å². The molecule has 0 aliphatic carbocycles. The highest BCUT2D eigenvalue weighted by atomic mass is 16.5. The van der Waals surface area contributed by atoms with Gasteiger partial charge in [0.05, 0.1) is 20.8 Å². The van der Waals surface area contributed by atoms with E-state index in [0.29, 0.717) is 12.0 Å². The number of nitrogens with one attached hydrogen (secondary N) is 1. The van der Waals surface area contributed by atoms with Crippen LogP contribution in [-0.4, -0.2) is 57.3 Å². The lowest BCUT2D eigenvalue weighted by Gasteiger charge is -2.21. The van der Waals surface area contributed by atoms with Crippen molar-refractivity contribution in [3.63, 3.8) is 0 Å². The van der Waals surface area contributed by atoms with E-state index < -0.39 is 0 Å². The van der Waals surface area contributed by atoms with E-state index in [1.807, 2.05) is 18.2 Å². The van der Waals surface area contributed by atoms with Crippen molar-refractivity contribution >= 4 is 5.96 Å². The van der Waals surface area contributed by atoms with E-state index in [1.54, 1.807) is 14.2 Å². The van der Waals surface area contributed by atoms with Crippen molar-refractivity contribution in [2.24, 2.45) is 10.7 Å². The Labute approximate surface area is 151 Å². The third-order valence-corrected chi connectivity index (χ3v) is 4.79. The third kappa shape index (κ3) is 5.81. The van der Waals surface area contributed by atoms with E-state index in [1.165, 1.54) is 19.4 Å². The maximum atomic E-state index is 6.00. The number of methoxy groups -OCH3 is 2. The maximum absolute atomic E-state index is 6.00. The summed E-state index contributed by atoms with van der Waals surface area (Å²) in [5, 5.41) is 3.21. The van der Waals surface area contributed by atoms with Gasteiger partial charge in [0.1, 0.15) is 11.5 Å². The molecule has 1 fully saturated rings. The van der Waals surface area contributed by atoms with Gasteiger partial charge in [-0.1, -0.05) is 6.92 Å². The number of rotatable bonds is 9. The summed E-state index contributed by atoms with van der Waals surface area (Å²) in [5.41, 5.74) is 7.14. The molecule has 1 aromatic carbocycles. The molecule has 1 unspecified atom stereocenters. The summed E-state index contributed by atoms with van der Waals surface area (Å²) in [7, 11) is 3.37. The smallest absolute Gasteiger partial charge is 0.188 e. The number of likely N-dealkylation sites (tertiary alicyclic amines) is 1. The first-order valence-corrected chi connectivity index (χ1v) is 9.16. The minimum Gasteiger partial charge on any atom is -0.497 e. The minimum atomic E-state index is 0.542. The Morgan fingerprint density at radius 2 is 2.20 bits per heavy atom.